The minimum atomic E-state index is -4.28. The molecule has 6 atom stereocenters. The Hall–Kier alpha value is -3.46. The molecule has 1 aromatic carbocycles. The molecule has 1 heterocycles. The number of carbonyl (C=O) groups is 3. The number of alkyl halides is 3. The van der Waals surface area contributed by atoms with E-state index in [1.165, 1.54) is 26.1 Å². The topological polar surface area (TPSA) is 174 Å². The first-order valence-corrected chi connectivity index (χ1v) is 14.3. The number of hydrogen-bond donors (Lipinski definition) is 5. The maximum atomic E-state index is 14.2. The standard InChI is InChI=1S/C30H36F3N3O8/c1-12-15-6-5-13(11-36-9-7-14(8-10-36)30(31,32)33)22(37)17(15)23(38)18-16(12)25(44-4)20-21(35(2)3)24(39)19(28(34)42)27(41)29(20,43)26(18)40/h5-6,12,14,16,20-21,25,37-38,41,43H,7-11H2,1-4H3,(H2,34,42)/t12-,16?,20?,21-,25-,29-/m0/s1. The number of ether oxygens (including phenoxy) is 1. The number of primary amides is 1. The van der Waals surface area contributed by atoms with Gasteiger partial charge in [-0.25, -0.2) is 0 Å². The summed E-state index contributed by atoms with van der Waals surface area (Å²) in [7, 11) is 4.28. The van der Waals surface area contributed by atoms with Crippen molar-refractivity contribution in [2.24, 2.45) is 23.5 Å². The van der Waals surface area contributed by atoms with Crippen LogP contribution >= 0.6 is 0 Å². The molecule has 0 spiro atoms. The molecular weight excluding hydrogens is 587 g/mol. The summed E-state index contributed by atoms with van der Waals surface area (Å²) in [5, 5.41) is 46.1. The van der Waals surface area contributed by atoms with E-state index in [-0.39, 0.29) is 49.4 Å². The van der Waals surface area contributed by atoms with Gasteiger partial charge in [0.25, 0.3) is 5.91 Å². The molecule has 1 saturated carbocycles. The normalized spacial score (nSPS) is 31.7. The van der Waals surface area contributed by atoms with Crippen molar-refractivity contribution in [2.75, 3.05) is 34.3 Å². The van der Waals surface area contributed by atoms with Gasteiger partial charge in [0.2, 0.25) is 5.78 Å². The number of amides is 1. The van der Waals surface area contributed by atoms with Gasteiger partial charge in [0.15, 0.2) is 11.4 Å². The van der Waals surface area contributed by atoms with E-state index in [2.05, 4.69) is 0 Å². The predicted octanol–water partition coefficient (Wildman–Crippen LogP) is 1.92. The zero-order valence-corrected chi connectivity index (χ0v) is 24.7. The molecular formula is C30H36F3N3O8. The highest BCUT2D eigenvalue weighted by Crippen LogP contribution is 2.57. The van der Waals surface area contributed by atoms with Crippen LogP contribution in [0.5, 0.6) is 5.75 Å². The lowest BCUT2D eigenvalue weighted by molar-refractivity contribution is -0.185. The number of nitrogens with zero attached hydrogens (tertiary/aromatic N) is 2. The van der Waals surface area contributed by atoms with Crippen molar-refractivity contribution in [2.45, 2.75) is 56.2 Å². The number of ketones is 2. The first-order chi connectivity index (χ1) is 20.5. The number of phenols is 1. The predicted molar refractivity (Wildman–Crippen MR) is 149 cm³/mol. The van der Waals surface area contributed by atoms with Gasteiger partial charge in [-0.3, -0.25) is 24.2 Å². The Balaban J connectivity index is 1.62. The fourth-order valence-electron chi connectivity index (χ4n) is 7.71. The number of aromatic hydroxyl groups is 1. The van der Waals surface area contributed by atoms with Crippen LogP contribution in [-0.4, -0.2) is 106 Å². The first-order valence-electron chi connectivity index (χ1n) is 14.3. The molecule has 1 saturated heterocycles. The maximum Gasteiger partial charge on any atom is 0.391 e. The number of nitrogens with two attached hydrogens (primary N) is 1. The van der Waals surface area contributed by atoms with E-state index in [9.17, 15) is 48.0 Å². The summed E-state index contributed by atoms with van der Waals surface area (Å²) in [5.41, 5.74) is 1.85. The molecule has 1 aliphatic heterocycles. The van der Waals surface area contributed by atoms with Crippen molar-refractivity contribution in [1.82, 2.24) is 9.80 Å². The number of phenolic OH excluding ortho intramolecular Hbond substituents is 1. The molecule has 5 rings (SSSR count). The number of aliphatic hydroxyl groups is 3. The summed E-state index contributed by atoms with van der Waals surface area (Å²) in [6, 6.07) is 1.95. The fourth-order valence-corrected chi connectivity index (χ4v) is 7.71. The molecule has 6 N–H and O–H groups in total. The number of hydrogen-bond acceptors (Lipinski definition) is 10. The quantitative estimate of drug-likeness (QED) is 0.305. The molecule has 2 fully saturated rings. The summed E-state index contributed by atoms with van der Waals surface area (Å²) in [6.45, 7) is 2.10. The smallest absolute Gasteiger partial charge is 0.391 e. The van der Waals surface area contributed by atoms with Crippen LogP contribution in [0.4, 0.5) is 13.2 Å². The van der Waals surface area contributed by atoms with E-state index >= 15 is 0 Å². The highest BCUT2D eigenvalue weighted by molar-refractivity contribution is 6.24. The Bertz CT molecular complexity index is 1480. The van der Waals surface area contributed by atoms with Crippen molar-refractivity contribution in [1.29, 1.82) is 0 Å². The molecule has 3 aliphatic carbocycles. The molecule has 1 aromatic rings. The molecule has 0 radical (unpaired) electrons. The van der Waals surface area contributed by atoms with Crippen molar-refractivity contribution in [3.05, 3.63) is 45.7 Å². The lowest BCUT2D eigenvalue weighted by Crippen LogP contribution is -2.70. The van der Waals surface area contributed by atoms with Gasteiger partial charge in [-0.15, -0.1) is 0 Å². The Morgan fingerprint density at radius 2 is 1.77 bits per heavy atom. The first kappa shape index (κ1) is 31.9. The third-order valence-electron chi connectivity index (χ3n) is 9.90. The van der Waals surface area contributed by atoms with E-state index in [4.69, 9.17) is 10.5 Å². The van der Waals surface area contributed by atoms with Crippen LogP contribution in [0.1, 0.15) is 42.4 Å². The minimum Gasteiger partial charge on any atom is -0.508 e. The van der Waals surface area contributed by atoms with Crippen LogP contribution in [-0.2, 0) is 25.7 Å². The summed E-state index contributed by atoms with van der Waals surface area (Å²) in [6.07, 6.45) is -5.60. The second-order valence-electron chi connectivity index (χ2n) is 12.4. The second kappa shape index (κ2) is 10.9. The van der Waals surface area contributed by atoms with Gasteiger partial charge in [0, 0.05) is 30.7 Å². The van der Waals surface area contributed by atoms with E-state index in [1.807, 2.05) is 0 Å². The Morgan fingerprint density at radius 3 is 2.30 bits per heavy atom. The number of likely N-dealkylation sites (N-methyl/N-ethyl adjacent to an activating group) is 1. The molecule has 14 heteroatoms. The largest absolute Gasteiger partial charge is 0.508 e. The number of Topliss-reactive ketones (excluding diaryl/α,β-unsaturated/α-hetero) is 2. The van der Waals surface area contributed by atoms with Crippen molar-refractivity contribution in [3.63, 3.8) is 0 Å². The van der Waals surface area contributed by atoms with Crippen LogP contribution in [0, 0.1) is 17.8 Å². The number of fused-ring (bicyclic) bond motifs is 3. The highest BCUT2D eigenvalue weighted by atomic mass is 19.4. The van der Waals surface area contributed by atoms with Gasteiger partial charge in [0.1, 0.15) is 22.8 Å². The average molecular weight is 624 g/mol. The van der Waals surface area contributed by atoms with E-state index in [0.717, 1.165) is 0 Å². The van der Waals surface area contributed by atoms with E-state index < -0.39 is 82.2 Å². The van der Waals surface area contributed by atoms with Crippen LogP contribution in [0.3, 0.4) is 0 Å². The van der Waals surface area contributed by atoms with E-state index in [0.29, 0.717) is 11.1 Å². The maximum absolute atomic E-state index is 14.2. The number of likely N-dealkylation sites (tertiary alicyclic amines) is 1. The summed E-state index contributed by atoms with van der Waals surface area (Å²) in [4.78, 5) is 43.0. The summed E-state index contributed by atoms with van der Waals surface area (Å²) >= 11 is 0. The molecule has 4 aliphatic rings. The van der Waals surface area contributed by atoms with Gasteiger partial charge in [0.05, 0.1) is 29.5 Å². The fraction of sp³-hybridized carbons (Fsp3) is 0.567. The number of aliphatic hydroxyl groups excluding tert-OH is 2. The van der Waals surface area contributed by atoms with Gasteiger partial charge >= 0.3 is 6.18 Å². The third-order valence-corrected chi connectivity index (χ3v) is 9.90. The van der Waals surface area contributed by atoms with Crippen LogP contribution < -0.4 is 5.73 Å². The van der Waals surface area contributed by atoms with Crippen molar-refractivity contribution in [3.8, 4) is 5.75 Å². The molecule has 240 valence electrons. The number of halogens is 3. The lowest BCUT2D eigenvalue weighted by Gasteiger charge is -2.54. The van der Waals surface area contributed by atoms with Gasteiger partial charge in [-0.05, 0) is 51.5 Å². The molecule has 0 aromatic heterocycles. The zero-order chi connectivity index (χ0) is 32.6. The summed E-state index contributed by atoms with van der Waals surface area (Å²) in [5.74, 6) is -10.1. The third kappa shape index (κ3) is 4.53. The average Bonchev–Trinajstić information content (AvgIpc) is 2.94. The van der Waals surface area contributed by atoms with Crippen LogP contribution in [0.2, 0.25) is 0 Å². The summed E-state index contributed by atoms with van der Waals surface area (Å²) < 4.78 is 45.2. The lowest BCUT2D eigenvalue weighted by atomic mass is 9.54. The SMILES string of the molecule is CO[C@H]1C2C(=C(O)c3c(ccc(CN4CCC(C(F)(F)F)CC4)c3O)[C@@H]2C)C(=O)[C@]2(O)C(O)=C(C(N)=O)C(=O)[C@@H](N(C)C)C12. The van der Waals surface area contributed by atoms with Gasteiger partial charge < -0.3 is 30.9 Å². The van der Waals surface area contributed by atoms with Gasteiger partial charge in [-0.1, -0.05) is 19.1 Å². The Kier molecular flexibility index (Phi) is 7.89. The molecule has 0 bridgehead atoms. The number of carbonyl (C=O) groups excluding carboxylic acids is 3. The molecule has 2 unspecified atom stereocenters. The second-order valence-corrected chi connectivity index (χ2v) is 12.4. The van der Waals surface area contributed by atoms with Crippen molar-refractivity contribution < 1.29 is 52.7 Å². The number of benzene rings is 1. The molecule has 11 nitrogen and oxygen atoms in total. The minimum absolute atomic E-state index is 0.0862. The number of piperidine rings is 1. The Morgan fingerprint density at radius 1 is 1.16 bits per heavy atom. The van der Waals surface area contributed by atoms with Gasteiger partial charge in [-0.2, -0.15) is 13.2 Å². The monoisotopic (exact) mass is 623 g/mol. The zero-order valence-electron chi connectivity index (χ0n) is 24.7. The van der Waals surface area contributed by atoms with E-state index in [1.54, 1.807) is 24.0 Å². The van der Waals surface area contributed by atoms with Crippen LogP contribution in [0.25, 0.3) is 5.76 Å². The molecule has 44 heavy (non-hydrogen) atoms. The Labute approximate surface area is 251 Å². The number of methoxy groups -OCH3 is 1. The van der Waals surface area contributed by atoms with Crippen molar-refractivity contribution >= 4 is 23.2 Å². The number of rotatable bonds is 5. The highest BCUT2D eigenvalue weighted by Gasteiger charge is 2.68. The van der Waals surface area contributed by atoms with Crippen LogP contribution in [0.15, 0.2) is 29.0 Å². The molecule has 1 amide bonds.